The molecule has 0 unspecified atom stereocenters. The van der Waals surface area contributed by atoms with Gasteiger partial charge in [-0.2, -0.15) is 0 Å². The van der Waals surface area contributed by atoms with Crippen molar-refractivity contribution in [1.82, 2.24) is 9.47 Å². The van der Waals surface area contributed by atoms with Crippen molar-refractivity contribution in [3.8, 4) is 0 Å². The quantitative estimate of drug-likeness (QED) is 0.743. The molecule has 1 aromatic rings. The molecule has 0 spiro atoms. The van der Waals surface area contributed by atoms with E-state index < -0.39 is 0 Å². The summed E-state index contributed by atoms with van der Waals surface area (Å²) in [6.45, 7) is 2.07. The first kappa shape index (κ1) is 12.7. The van der Waals surface area contributed by atoms with Crippen LogP contribution in [0.3, 0.4) is 0 Å². The zero-order valence-electron chi connectivity index (χ0n) is 10.8. The first-order chi connectivity index (χ1) is 8.63. The number of hydrogen-bond donors (Lipinski definition) is 0. The Morgan fingerprint density at radius 2 is 2.22 bits per heavy atom. The Kier molecular flexibility index (Phi) is 3.69. The molecular weight excluding hydrogens is 232 g/mol. The zero-order valence-corrected chi connectivity index (χ0v) is 10.8. The topological polar surface area (TPSA) is 51.5 Å². The fraction of sp³-hybridized carbons (Fsp3) is 0.538. The Hall–Kier alpha value is -1.78. The second-order valence-corrected chi connectivity index (χ2v) is 4.50. The summed E-state index contributed by atoms with van der Waals surface area (Å²) in [5.74, 6) is -0.516. The van der Waals surface area contributed by atoms with E-state index in [1.54, 1.807) is 20.0 Å². The first-order valence-electron chi connectivity index (χ1n) is 6.21. The van der Waals surface area contributed by atoms with E-state index in [-0.39, 0.29) is 18.4 Å². The predicted molar refractivity (Wildman–Crippen MR) is 66.3 cm³/mol. The van der Waals surface area contributed by atoms with Crippen LogP contribution in [-0.4, -0.2) is 41.5 Å². The van der Waals surface area contributed by atoms with Crippen LogP contribution < -0.4 is 0 Å². The van der Waals surface area contributed by atoms with Gasteiger partial charge in [0.15, 0.2) is 0 Å². The highest BCUT2D eigenvalue weighted by Crippen LogP contribution is 2.36. The van der Waals surface area contributed by atoms with Crippen molar-refractivity contribution in [2.75, 3.05) is 20.2 Å². The summed E-state index contributed by atoms with van der Waals surface area (Å²) in [4.78, 5) is 24.9. The van der Waals surface area contributed by atoms with Crippen molar-refractivity contribution in [2.24, 2.45) is 0 Å². The number of esters is 1. The van der Waals surface area contributed by atoms with Gasteiger partial charge in [0.1, 0.15) is 12.2 Å². The van der Waals surface area contributed by atoms with Crippen molar-refractivity contribution in [3.05, 3.63) is 24.0 Å². The normalized spacial score (nSPS) is 14.3. The monoisotopic (exact) mass is 250 g/mol. The lowest BCUT2D eigenvalue weighted by atomic mass is 10.3. The molecule has 1 aliphatic carbocycles. The highest BCUT2D eigenvalue weighted by atomic mass is 16.5. The van der Waals surface area contributed by atoms with Crippen molar-refractivity contribution in [2.45, 2.75) is 25.8 Å². The summed E-state index contributed by atoms with van der Waals surface area (Å²) < 4.78 is 6.82. The number of rotatable bonds is 5. The lowest BCUT2D eigenvalue weighted by Crippen LogP contribution is -2.34. The minimum atomic E-state index is -0.377. The van der Waals surface area contributed by atoms with E-state index in [2.05, 4.69) is 0 Å². The lowest BCUT2D eigenvalue weighted by molar-refractivity contribution is -0.143. The lowest BCUT2D eigenvalue weighted by Gasteiger charge is -2.17. The number of aromatic nitrogens is 1. The van der Waals surface area contributed by atoms with E-state index in [4.69, 9.17) is 4.74 Å². The van der Waals surface area contributed by atoms with Crippen LogP contribution in [0.4, 0.5) is 0 Å². The summed E-state index contributed by atoms with van der Waals surface area (Å²) in [5.41, 5.74) is 0.643. The maximum Gasteiger partial charge on any atom is 0.325 e. The zero-order chi connectivity index (χ0) is 13.1. The minimum absolute atomic E-state index is 0.0114. The van der Waals surface area contributed by atoms with E-state index in [1.165, 1.54) is 4.90 Å². The third kappa shape index (κ3) is 2.72. The van der Waals surface area contributed by atoms with Crippen LogP contribution >= 0.6 is 0 Å². The molecular formula is C13H18N2O3. The van der Waals surface area contributed by atoms with Crippen molar-refractivity contribution in [1.29, 1.82) is 0 Å². The number of ether oxygens (including phenoxy) is 1. The molecule has 98 valence electrons. The molecule has 1 heterocycles. The average Bonchev–Trinajstić information content (AvgIpc) is 3.06. The molecule has 0 saturated heterocycles. The summed E-state index contributed by atoms with van der Waals surface area (Å²) in [7, 11) is 1.61. The molecule has 2 rings (SSSR count). The molecule has 1 aromatic heterocycles. The van der Waals surface area contributed by atoms with Crippen LogP contribution in [0.15, 0.2) is 18.3 Å². The van der Waals surface area contributed by atoms with Gasteiger partial charge in [-0.3, -0.25) is 9.59 Å². The predicted octanol–water partition coefficient (Wildman–Crippen LogP) is 1.46. The molecule has 0 aliphatic heterocycles. The number of nitrogens with zero attached hydrogens (tertiary/aromatic N) is 2. The van der Waals surface area contributed by atoms with Gasteiger partial charge in [0.05, 0.1) is 6.61 Å². The third-order valence-corrected chi connectivity index (χ3v) is 2.96. The van der Waals surface area contributed by atoms with E-state index in [0.717, 1.165) is 12.8 Å². The van der Waals surface area contributed by atoms with Gasteiger partial charge in [0.2, 0.25) is 0 Å². The van der Waals surface area contributed by atoms with E-state index in [9.17, 15) is 9.59 Å². The molecule has 1 aliphatic rings. The van der Waals surface area contributed by atoms with Gasteiger partial charge in [0, 0.05) is 19.3 Å². The van der Waals surface area contributed by atoms with Gasteiger partial charge in [-0.05, 0) is 31.9 Å². The number of amides is 1. The van der Waals surface area contributed by atoms with E-state index >= 15 is 0 Å². The van der Waals surface area contributed by atoms with Crippen LogP contribution in [0.5, 0.6) is 0 Å². The van der Waals surface area contributed by atoms with Crippen LogP contribution in [0.25, 0.3) is 0 Å². The van der Waals surface area contributed by atoms with Crippen LogP contribution in [-0.2, 0) is 9.53 Å². The molecule has 5 nitrogen and oxygen atoms in total. The molecule has 1 saturated carbocycles. The highest BCUT2D eigenvalue weighted by Gasteiger charge is 2.28. The SMILES string of the molecule is CCOC(=O)CN(C)C(=O)c1cccn1C1CC1. The molecule has 1 fully saturated rings. The Balaban J connectivity index is 2.01. The average molecular weight is 250 g/mol. The third-order valence-electron chi connectivity index (χ3n) is 2.96. The second kappa shape index (κ2) is 5.25. The maximum atomic E-state index is 12.2. The Morgan fingerprint density at radius 3 is 2.83 bits per heavy atom. The van der Waals surface area contributed by atoms with Gasteiger partial charge in [-0.15, -0.1) is 0 Å². The Labute approximate surface area is 106 Å². The number of carbonyl (C=O) groups excluding carboxylic acids is 2. The smallest absolute Gasteiger partial charge is 0.325 e. The Morgan fingerprint density at radius 1 is 1.50 bits per heavy atom. The molecule has 18 heavy (non-hydrogen) atoms. The molecule has 0 aromatic carbocycles. The second-order valence-electron chi connectivity index (χ2n) is 4.50. The number of hydrogen-bond acceptors (Lipinski definition) is 3. The van der Waals surface area contributed by atoms with Gasteiger partial charge < -0.3 is 14.2 Å². The summed E-state index contributed by atoms with van der Waals surface area (Å²) in [6.07, 6.45) is 4.16. The maximum absolute atomic E-state index is 12.2. The highest BCUT2D eigenvalue weighted by molar-refractivity contribution is 5.94. The minimum Gasteiger partial charge on any atom is -0.465 e. The molecule has 0 atom stereocenters. The summed E-state index contributed by atoms with van der Waals surface area (Å²) in [5, 5.41) is 0. The number of likely N-dealkylation sites (N-methyl/N-ethyl adjacent to an activating group) is 1. The molecule has 1 amide bonds. The first-order valence-corrected chi connectivity index (χ1v) is 6.21. The van der Waals surface area contributed by atoms with Gasteiger partial charge in [0.25, 0.3) is 5.91 Å². The Bertz CT molecular complexity index is 449. The van der Waals surface area contributed by atoms with Crippen LogP contribution in [0.1, 0.15) is 36.3 Å². The fourth-order valence-electron chi connectivity index (χ4n) is 1.91. The standard InChI is InChI=1S/C13H18N2O3/c1-3-18-12(16)9-14(2)13(17)11-5-4-8-15(11)10-6-7-10/h4-5,8,10H,3,6-7,9H2,1-2H3. The van der Waals surface area contributed by atoms with Crippen LogP contribution in [0.2, 0.25) is 0 Å². The van der Waals surface area contributed by atoms with E-state index in [0.29, 0.717) is 18.3 Å². The fourth-order valence-corrected chi connectivity index (χ4v) is 1.91. The summed E-state index contributed by atoms with van der Waals surface area (Å²) in [6, 6.07) is 4.11. The summed E-state index contributed by atoms with van der Waals surface area (Å²) >= 11 is 0. The van der Waals surface area contributed by atoms with Crippen molar-refractivity contribution >= 4 is 11.9 Å². The molecule has 0 radical (unpaired) electrons. The van der Waals surface area contributed by atoms with Gasteiger partial charge in [-0.1, -0.05) is 0 Å². The largest absolute Gasteiger partial charge is 0.465 e. The molecule has 0 bridgehead atoms. The van der Waals surface area contributed by atoms with Crippen molar-refractivity contribution in [3.63, 3.8) is 0 Å². The van der Waals surface area contributed by atoms with Gasteiger partial charge >= 0.3 is 5.97 Å². The van der Waals surface area contributed by atoms with Crippen molar-refractivity contribution < 1.29 is 14.3 Å². The molecule has 5 heteroatoms. The van der Waals surface area contributed by atoms with Gasteiger partial charge in [-0.25, -0.2) is 0 Å². The van der Waals surface area contributed by atoms with Crippen LogP contribution in [0, 0.1) is 0 Å². The van der Waals surface area contributed by atoms with E-state index in [1.807, 2.05) is 16.8 Å². The molecule has 0 N–H and O–H groups in total. The number of carbonyl (C=O) groups is 2.